The third kappa shape index (κ3) is 5.38. The molecule has 31 heavy (non-hydrogen) atoms. The number of aromatic nitrogens is 1. The van der Waals surface area contributed by atoms with Crippen LogP contribution in [-0.4, -0.2) is 57.1 Å². The minimum atomic E-state index is -3.55. The minimum Gasteiger partial charge on any atom is -0.308 e. The maximum absolute atomic E-state index is 13.6. The summed E-state index contributed by atoms with van der Waals surface area (Å²) >= 11 is 7.62. The van der Waals surface area contributed by atoms with E-state index in [0.717, 1.165) is 15.8 Å². The molecule has 0 N–H and O–H groups in total. The zero-order valence-electron chi connectivity index (χ0n) is 17.8. The van der Waals surface area contributed by atoms with Crippen molar-refractivity contribution in [1.29, 1.82) is 0 Å². The molecule has 0 bridgehead atoms. The summed E-state index contributed by atoms with van der Waals surface area (Å²) in [4.78, 5) is 21.8. The van der Waals surface area contributed by atoms with E-state index in [9.17, 15) is 13.2 Å². The lowest BCUT2D eigenvalue weighted by Crippen LogP contribution is -2.37. The van der Waals surface area contributed by atoms with Crippen LogP contribution >= 0.6 is 35.3 Å². The van der Waals surface area contributed by atoms with Gasteiger partial charge in [0, 0.05) is 18.1 Å². The topological polar surface area (TPSA) is 70.6 Å². The molecule has 0 aliphatic heterocycles. The zero-order chi connectivity index (χ0) is 22.1. The fourth-order valence-electron chi connectivity index (χ4n) is 3.00. The summed E-state index contributed by atoms with van der Waals surface area (Å²) in [6.45, 7) is 4.44. The van der Waals surface area contributed by atoms with Crippen LogP contribution in [0.2, 0.25) is 5.02 Å². The lowest BCUT2D eigenvalue weighted by Gasteiger charge is -2.23. The van der Waals surface area contributed by atoms with Crippen LogP contribution < -0.4 is 4.90 Å². The molecule has 0 radical (unpaired) electrons. The molecule has 0 aliphatic rings. The smallest absolute Gasteiger partial charge is 0.261 e. The van der Waals surface area contributed by atoms with E-state index in [2.05, 4.69) is 4.98 Å². The number of carbonyl (C=O) groups is 1. The summed E-state index contributed by atoms with van der Waals surface area (Å²) in [5.41, 5.74) is 1.76. The highest BCUT2D eigenvalue weighted by Gasteiger charge is 2.27. The lowest BCUT2D eigenvalue weighted by atomic mass is 10.2. The van der Waals surface area contributed by atoms with Crippen molar-refractivity contribution >= 4 is 66.4 Å². The Morgan fingerprint density at radius 1 is 1.13 bits per heavy atom. The van der Waals surface area contributed by atoms with Crippen LogP contribution in [0, 0.1) is 6.92 Å². The first-order valence-corrected chi connectivity index (χ1v) is 12.3. The number of aryl methyl sites for hydroxylation is 1. The van der Waals surface area contributed by atoms with Crippen molar-refractivity contribution in [2.24, 2.45) is 0 Å². The van der Waals surface area contributed by atoms with E-state index in [-0.39, 0.29) is 34.5 Å². The number of thiazole rings is 1. The van der Waals surface area contributed by atoms with Gasteiger partial charge in [0.2, 0.25) is 0 Å². The van der Waals surface area contributed by atoms with Gasteiger partial charge in [-0.1, -0.05) is 42.0 Å². The van der Waals surface area contributed by atoms with Crippen molar-refractivity contribution in [2.75, 3.05) is 37.8 Å². The first-order valence-electron chi connectivity index (χ1n) is 9.49. The van der Waals surface area contributed by atoms with Gasteiger partial charge in [0.15, 0.2) is 15.0 Å². The number of likely N-dealkylation sites (N-methyl/N-ethyl adjacent to an activating group) is 1. The van der Waals surface area contributed by atoms with Gasteiger partial charge in [-0.25, -0.2) is 13.4 Å². The average molecular weight is 502 g/mol. The summed E-state index contributed by atoms with van der Waals surface area (Å²) in [5, 5.41) is 1.14. The first-order chi connectivity index (χ1) is 14.2. The van der Waals surface area contributed by atoms with E-state index in [4.69, 9.17) is 11.6 Å². The third-order valence-electron chi connectivity index (χ3n) is 4.82. The van der Waals surface area contributed by atoms with Crippen molar-refractivity contribution in [2.45, 2.75) is 18.7 Å². The van der Waals surface area contributed by atoms with Crippen LogP contribution in [0.4, 0.5) is 5.13 Å². The molecule has 6 nitrogen and oxygen atoms in total. The van der Waals surface area contributed by atoms with E-state index in [1.165, 1.54) is 17.4 Å². The van der Waals surface area contributed by atoms with Crippen LogP contribution in [0.25, 0.3) is 10.2 Å². The van der Waals surface area contributed by atoms with Gasteiger partial charge in [-0.15, -0.1) is 12.4 Å². The first kappa shape index (κ1) is 25.5. The second-order valence-electron chi connectivity index (χ2n) is 7.18. The molecule has 0 aliphatic carbocycles. The number of nitrogens with zero attached hydrogens (tertiary/aromatic N) is 3. The number of benzene rings is 2. The summed E-state index contributed by atoms with van der Waals surface area (Å²) in [5.74, 6) is -0.458. The maximum atomic E-state index is 13.6. The molecular formula is C21H25Cl2N3O3S2. The number of hydrogen-bond donors (Lipinski definition) is 0. The number of anilines is 1. The third-order valence-corrected chi connectivity index (χ3v) is 8.06. The molecule has 3 rings (SSSR count). The van der Waals surface area contributed by atoms with Crippen LogP contribution in [0.3, 0.4) is 0 Å². The highest BCUT2D eigenvalue weighted by molar-refractivity contribution is 7.91. The van der Waals surface area contributed by atoms with Gasteiger partial charge in [-0.2, -0.15) is 0 Å². The molecule has 0 saturated heterocycles. The molecule has 0 unspecified atom stereocenters. The molecule has 2 aromatic carbocycles. The number of carbonyl (C=O) groups excluding carboxylic acids is 1. The van der Waals surface area contributed by atoms with Gasteiger partial charge in [-0.05, 0) is 50.8 Å². The monoisotopic (exact) mass is 501 g/mol. The second kappa shape index (κ2) is 10.3. The normalized spacial score (nSPS) is 11.5. The molecule has 0 saturated carbocycles. The Hall–Kier alpha value is -1.71. The molecule has 10 heteroatoms. The standard InChI is InChI=1S/C21H24ClN3O3S2.ClH/c1-5-30(27,28)18-9-7-6-8-15(18)20(26)25(13-12-24(3)4)21-23-19-14(2)16(22)10-11-17(19)29-21;/h6-11H,5,12-13H2,1-4H3;1H. The summed E-state index contributed by atoms with van der Waals surface area (Å²) < 4.78 is 26.1. The largest absolute Gasteiger partial charge is 0.308 e. The highest BCUT2D eigenvalue weighted by Crippen LogP contribution is 2.34. The van der Waals surface area contributed by atoms with Gasteiger partial charge in [0.25, 0.3) is 5.91 Å². The molecule has 3 aromatic rings. The van der Waals surface area contributed by atoms with Crippen molar-refractivity contribution in [3.63, 3.8) is 0 Å². The number of fused-ring (bicyclic) bond motifs is 1. The van der Waals surface area contributed by atoms with Gasteiger partial charge < -0.3 is 4.90 Å². The highest BCUT2D eigenvalue weighted by atomic mass is 35.5. The van der Waals surface area contributed by atoms with Crippen molar-refractivity contribution in [1.82, 2.24) is 9.88 Å². The number of rotatable bonds is 7. The Kier molecular flexibility index (Phi) is 8.47. The fourth-order valence-corrected chi connectivity index (χ4v) is 5.29. The molecule has 1 amide bonds. The number of amides is 1. The minimum absolute atomic E-state index is 0. The predicted octanol–water partition coefficient (Wildman–Crippen LogP) is 4.68. The number of halogens is 2. The molecule has 1 aromatic heterocycles. The molecular weight excluding hydrogens is 477 g/mol. The summed E-state index contributed by atoms with van der Waals surface area (Å²) in [6, 6.07) is 10.1. The maximum Gasteiger partial charge on any atom is 0.261 e. The number of sulfone groups is 1. The second-order valence-corrected chi connectivity index (χ2v) is 10.8. The Labute approximate surface area is 198 Å². The van der Waals surface area contributed by atoms with E-state index < -0.39 is 9.84 Å². The van der Waals surface area contributed by atoms with E-state index in [1.54, 1.807) is 30.0 Å². The summed E-state index contributed by atoms with van der Waals surface area (Å²) in [6.07, 6.45) is 0. The Balaban J connectivity index is 0.00000341. The van der Waals surface area contributed by atoms with Crippen LogP contribution in [0.5, 0.6) is 0 Å². The van der Waals surface area contributed by atoms with E-state index in [0.29, 0.717) is 23.2 Å². The summed E-state index contributed by atoms with van der Waals surface area (Å²) in [7, 11) is 0.284. The van der Waals surface area contributed by atoms with Crippen molar-refractivity contribution in [3.05, 3.63) is 52.5 Å². The van der Waals surface area contributed by atoms with E-state index in [1.807, 2.05) is 38.1 Å². The van der Waals surface area contributed by atoms with Crippen LogP contribution in [0.15, 0.2) is 41.3 Å². The number of hydrogen-bond acceptors (Lipinski definition) is 6. The molecule has 0 fully saturated rings. The lowest BCUT2D eigenvalue weighted by molar-refractivity contribution is 0.0982. The Morgan fingerprint density at radius 3 is 2.45 bits per heavy atom. The predicted molar refractivity (Wildman–Crippen MR) is 131 cm³/mol. The molecule has 1 heterocycles. The van der Waals surface area contributed by atoms with Crippen molar-refractivity contribution in [3.8, 4) is 0 Å². The molecule has 0 atom stereocenters. The SMILES string of the molecule is CCS(=O)(=O)c1ccccc1C(=O)N(CCN(C)C)c1nc2c(C)c(Cl)ccc2s1.Cl. The average Bonchev–Trinajstić information content (AvgIpc) is 3.15. The van der Waals surface area contributed by atoms with Gasteiger partial charge in [-0.3, -0.25) is 9.69 Å². The zero-order valence-corrected chi connectivity index (χ0v) is 21.0. The molecule has 0 spiro atoms. The quantitative estimate of drug-likeness (QED) is 0.469. The van der Waals surface area contributed by atoms with Crippen LogP contribution in [0.1, 0.15) is 22.8 Å². The van der Waals surface area contributed by atoms with E-state index >= 15 is 0 Å². The van der Waals surface area contributed by atoms with Gasteiger partial charge in [0.05, 0.1) is 26.4 Å². The molecule has 168 valence electrons. The van der Waals surface area contributed by atoms with Gasteiger partial charge in [0.1, 0.15) is 0 Å². The Morgan fingerprint density at radius 2 is 1.81 bits per heavy atom. The Bertz CT molecular complexity index is 1190. The van der Waals surface area contributed by atoms with Crippen molar-refractivity contribution < 1.29 is 13.2 Å². The fraction of sp³-hybridized carbons (Fsp3) is 0.333. The van der Waals surface area contributed by atoms with Crippen LogP contribution in [-0.2, 0) is 9.84 Å². The van der Waals surface area contributed by atoms with Gasteiger partial charge >= 0.3 is 0 Å².